The van der Waals surface area contributed by atoms with Gasteiger partial charge in [0.15, 0.2) is 0 Å². The van der Waals surface area contributed by atoms with Crippen molar-refractivity contribution in [1.29, 1.82) is 0 Å². The molecule has 5 nitrogen and oxygen atoms in total. The van der Waals surface area contributed by atoms with Crippen molar-refractivity contribution in [3.8, 4) is 11.4 Å². The molecule has 6 heteroatoms. The largest absolute Gasteiger partial charge is 0.341 e. The van der Waals surface area contributed by atoms with Gasteiger partial charge in [0.25, 0.3) is 0 Å². The van der Waals surface area contributed by atoms with Crippen molar-refractivity contribution in [3.05, 3.63) is 23.2 Å². The molecule has 0 aromatic carbocycles. The standard InChI is InChI=1S/C13H17N5S/c14-7-10-2-5-18(6-3-10)13-15-4-1-11(17-13)12-8-19-9-16-12/h1,4,8-10H,2-3,5-7,14H2. The van der Waals surface area contributed by atoms with E-state index >= 15 is 0 Å². The minimum absolute atomic E-state index is 0.651. The Morgan fingerprint density at radius 3 is 2.79 bits per heavy atom. The lowest BCUT2D eigenvalue weighted by Crippen LogP contribution is -2.37. The first-order valence-corrected chi connectivity index (χ1v) is 7.47. The van der Waals surface area contributed by atoms with Gasteiger partial charge in [-0.25, -0.2) is 15.0 Å². The van der Waals surface area contributed by atoms with Crippen LogP contribution in [0.25, 0.3) is 11.4 Å². The van der Waals surface area contributed by atoms with E-state index in [4.69, 9.17) is 5.73 Å². The zero-order valence-electron chi connectivity index (χ0n) is 10.7. The quantitative estimate of drug-likeness (QED) is 0.924. The van der Waals surface area contributed by atoms with E-state index in [2.05, 4.69) is 19.9 Å². The van der Waals surface area contributed by atoms with Gasteiger partial charge >= 0.3 is 0 Å². The molecule has 0 bridgehead atoms. The summed E-state index contributed by atoms with van der Waals surface area (Å²) in [6, 6.07) is 1.91. The normalized spacial score (nSPS) is 16.8. The topological polar surface area (TPSA) is 67.9 Å². The molecule has 0 aliphatic carbocycles. The molecule has 2 aromatic heterocycles. The number of thiazole rings is 1. The van der Waals surface area contributed by atoms with Gasteiger partial charge < -0.3 is 10.6 Å². The van der Waals surface area contributed by atoms with Crippen LogP contribution in [0.5, 0.6) is 0 Å². The maximum absolute atomic E-state index is 5.72. The second kappa shape index (κ2) is 5.63. The van der Waals surface area contributed by atoms with Crippen molar-refractivity contribution in [1.82, 2.24) is 15.0 Å². The number of rotatable bonds is 3. The van der Waals surface area contributed by atoms with E-state index < -0.39 is 0 Å². The van der Waals surface area contributed by atoms with E-state index in [1.165, 1.54) is 0 Å². The highest BCUT2D eigenvalue weighted by Crippen LogP contribution is 2.22. The average molecular weight is 275 g/mol. The molecule has 0 amide bonds. The van der Waals surface area contributed by atoms with Crippen molar-refractivity contribution in [2.45, 2.75) is 12.8 Å². The SMILES string of the molecule is NCC1CCN(c2nccc(-c3cscn3)n2)CC1. The third-order valence-electron chi connectivity index (χ3n) is 3.57. The van der Waals surface area contributed by atoms with E-state index in [1.807, 2.05) is 23.2 Å². The number of hydrogen-bond donors (Lipinski definition) is 1. The summed E-state index contributed by atoms with van der Waals surface area (Å²) in [5.41, 5.74) is 9.36. The maximum Gasteiger partial charge on any atom is 0.225 e. The Hall–Kier alpha value is -1.53. The fourth-order valence-electron chi connectivity index (χ4n) is 2.35. The molecular formula is C13H17N5S. The third kappa shape index (κ3) is 2.74. The number of nitrogens with zero attached hydrogens (tertiary/aromatic N) is 4. The van der Waals surface area contributed by atoms with Gasteiger partial charge in [0, 0.05) is 24.7 Å². The van der Waals surface area contributed by atoms with Crippen LogP contribution < -0.4 is 10.6 Å². The smallest absolute Gasteiger partial charge is 0.225 e. The fraction of sp³-hybridized carbons (Fsp3) is 0.462. The van der Waals surface area contributed by atoms with Gasteiger partial charge in [0.05, 0.1) is 16.9 Å². The van der Waals surface area contributed by atoms with E-state index in [1.54, 1.807) is 11.3 Å². The van der Waals surface area contributed by atoms with E-state index in [0.29, 0.717) is 5.92 Å². The molecule has 3 rings (SSSR count). The lowest BCUT2D eigenvalue weighted by atomic mass is 9.97. The first kappa shape index (κ1) is 12.5. The Balaban J connectivity index is 1.77. The lowest BCUT2D eigenvalue weighted by molar-refractivity contribution is 0.411. The molecule has 1 aliphatic heterocycles. The van der Waals surface area contributed by atoms with Gasteiger partial charge in [0.1, 0.15) is 0 Å². The van der Waals surface area contributed by atoms with Crippen molar-refractivity contribution in [2.24, 2.45) is 11.7 Å². The first-order valence-electron chi connectivity index (χ1n) is 6.53. The van der Waals surface area contributed by atoms with Gasteiger partial charge in [-0.15, -0.1) is 11.3 Å². The van der Waals surface area contributed by atoms with Crippen molar-refractivity contribution < 1.29 is 0 Å². The minimum Gasteiger partial charge on any atom is -0.341 e. The second-order valence-electron chi connectivity index (χ2n) is 4.78. The van der Waals surface area contributed by atoms with E-state index in [-0.39, 0.29) is 0 Å². The highest BCUT2D eigenvalue weighted by Gasteiger charge is 2.20. The van der Waals surface area contributed by atoms with E-state index in [0.717, 1.165) is 49.8 Å². The fourth-order valence-corrected chi connectivity index (χ4v) is 2.90. The molecule has 3 heterocycles. The summed E-state index contributed by atoms with van der Waals surface area (Å²) < 4.78 is 0. The summed E-state index contributed by atoms with van der Waals surface area (Å²) in [7, 11) is 0. The molecule has 0 radical (unpaired) electrons. The van der Waals surface area contributed by atoms with Crippen LogP contribution >= 0.6 is 11.3 Å². The number of anilines is 1. The lowest BCUT2D eigenvalue weighted by Gasteiger charge is -2.31. The highest BCUT2D eigenvalue weighted by atomic mass is 32.1. The van der Waals surface area contributed by atoms with Crippen molar-refractivity contribution >= 4 is 17.3 Å². The number of piperidine rings is 1. The molecular weight excluding hydrogens is 258 g/mol. The van der Waals surface area contributed by atoms with Crippen LogP contribution in [0.3, 0.4) is 0 Å². The molecule has 0 unspecified atom stereocenters. The Morgan fingerprint density at radius 2 is 2.11 bits per heavy atom. The molecule has 0 spiro atoms. The number of hydrogen-bond acceptors (Lipinski definition) is 6. The monoisotopic (exact) mass is 275 g/mol. The van der Waals surface area contributed by atoms with Crippen LogP contribution in [0.2, 0.25) is 0 Å². The summed E-state index contributed by atoms with van der Waals surface area (Å²) >= 11 is 1.58. The molecule has 0 saturated carbocycles. The van der Waals surface area contributed by atoms with E-state index in [9.17, 15) is 0 Å². The molecule has 0 atom stereocenters. The first-order chi connectivity index (χ1) is 9.36. The third-order valence-corrected chi connectivity index (χ3v) is 4.15. The molecule has 2 N–H and O–H groups in total. The highest BCUT2D eigenvalue weighted by molar-refractivity contribution is 7.07. The van der Waals surface area contributed by atoms with Crippen molar-refractivity contribution in [2.75, 3.05) is 24.5 Å². The minimum atomic E-state index is 0.651. The van der Waals surface area contributed by atoms with Crippen LogP contribution in [0.15, 0.2) is 23.2 Å². The Morgan fingerprint density at radius 1 is 1.26 bits per heavy atom. The molecule has 1 aliphatic rings. The van der Waals surface area contributed by atoms with Crippen molar-refractivity contribution in [3.63, 3.8) is 0 Å². The zero-order chi connectivity index (χ0) is 13.1. The number of nitrogens with two attached hydrogens (primary N) is 1. The molecule has 19 heavy (non-hydrogen) atoms. The maximum atomic E-state index is 5.72. The molecule has 1 saturated heterocycles. The Kier molecular flexibility index (Phi) is 3.70. The Bertz CT molecular complexity index is 520. The van der Waals surface area contributed by atoms with Gasteiger partial charge in [-0.05, 0) is 31.4 Å². The second-order valence-corrected chi connectivity index (χ2v) is 5.50. The predicted octanol–water partition coefficient (Wildman–Crippen LogP) is 1.78. The van der Waals surface area contributed by atoms with Gasteiger partial charge in [0.2, 0.25) is 5.95 Å². The summed E-state index contributed by atoms with van der Waals surface area (Å²) in [4.78, 5) is 15.5. The predicted molar refractivity (Wildman–Crippen MR) is 77.1 cm³/mol. The number of aromatic nitrogens is 3. The molecule has 100 valence electrons. The summed E-state index contributed by atoms with van der Waals surface area (Å²) in [5.74, 6) is 1.46. The van der Waals surface area contributed by atoms with Crippen LogP contribution in [-0.4, -0.2) is 34.6 Å². The summed E-state index contributed by atoms with van der Waals surface area (Å²) in [6.45, 7) is 2.76. The Labute approximate surface area is 116 Å². The molecule has 2 aromatic rings. The summed E-state index contributed by atoms with van der Waals surface area (Å²) in [6.07, 6.45) is 4.06. The average Bonchev–Trinajstić information content (AvgIpc) is 3.02. The molecule has 1 fully saturated rings. The van der Waals surface area contributed by atoms with Crippen LogP contribution in [-0.2, 0) is 0 Å². The van der Waals surface area contributed by atoms with Crippen LogP contribution in [0.4, 0.5) is 5.95 Å². The van der Waals surface area contributed by atoms with Gasteiger partial charge in [-0.1, -0.05) is 0 Å². The van der Waals surface area contributed by atoms with Gasteiger partial charge in [-0.2, -0.15) is 0 Å². The van der Waals surface area contributed by atoms with Gasteiger partial charge in [-0.3, -0.25) is 0 Å². The van der Waals surface area contributed by atoms with Crippen LogP contribution in [0, 0.1) is 5.92 Å². The summed E-state index contributed by atoms with van der Waals surface area (Å²) in [5, 5.41) is 2.01. The zero-order valence-corrected chi connectivity index (χ0v) is 11.5. The van der Waals surface area contributed by atoms with Crippen LogP contribution in [0.1, 0.15) is 12.8 Å².